The second kappa shape index (κ2) is 5.31. The van der Waals surface area contributed by atoms with Gasteiger partial charge in [-0.3, -0.25) is 10.2 Å². The first kappa shape index (κ1) is 11.5. The van der Waals surface area contributed by atoms with Gasteiger partial charge in [0.05, 0.1) is 4.34 Å². The zero-order chi connectivity index (χ0) is 10.6. The van der Waals surface area contributed by atoms with Gasteiger partial charge in [0.25, 0.3) is 0 Å². The Kier molecular flexibility index (Phi) is 4.34. The Morgan fingerprint density at radius 2 is 2.43 bits per heavy atom. The smallest absolute Gasteiger partial charge is 0.236 e. The second-order valence-electron chi connectivity index (χ2n) is 2.75. The molecule has 14 heavy (non-hydrogen) atoms. The molecule has 78 valence electrons. The number of hydrogen-bond acceptors (Lipinski definition) is 4. The molecule has 4 nitrogen and oxygen atoms in total. The van der Waals surface area contributed by atoms with Crippen LogP contribution in [0.25, 0.3) is 0 Å². The van der Waals surface area contributed by atoms with Crippen molar-refractivity contribution in [3.8, 4) is 0 Å². The van der Waals surface area contributed by atoms with Crippen molar-refractivity contribution < 1.29 is 4.79 Å². The molecule has 0 bridgehead atoms. The molecule has 0 aromatic carbocycles. The van der Waals surface area contributed by atoms with E-state index in [0.717, 1.165) is 4.88 Å². The summed E-state index contributed by atoms with van der Waals surface area (Å²) >= 11 is 7.15. The van der Waals surface area contributed by atoms with Crippen LogP contribution in [0, 0.1) is 0 Å². The summed E-state index contributed by atoms with van der Waals surface area (Å²) in [4.78, 5) is 12.1. The molecule has 1 heterocycles. The molecule has 0 saturated carbocycles. The summed E-state index contributed by atoms with van der Waals surface area (Å²) in [6.45, 7) is 0. The molecule has 6 heteroatoms. The van der Waals surface area contributed by atoms with Gasteiger partial charge in [0, 0.05) is 24.4 Å². The van der Waals surface area contributed by atoms with Crippen LogP contribution in [0.4, 0.5) is 0 Å². The summed E-state index contributed by atoms with van der Waals surface area (Å²) in [7, 11) is 1.63. The molecule has 1 atom stereocenters. The van der Waals surface area contributed by atoms with Gasteiger partial charge >= 0.3 is 0 Å². The molecular formula is C8H12ClN3OS. The Labute approximate surface area is 91.4 Å². The molecule has 1 aromatic rings. The first-order valence-electron chi connectivity index (χ1n) is 4.10. The number of thiophene rings is 1. The number of nitrogens with one attached hydrogen (secondary N) is 2. The summed E-state index contributed by atoms with van der Waals surface area (Å²) in [5.74, 6) is -0.135. The van der Waals surface area contributed by atoms with Crippen LogP contribution in [0.5, 0.6) is 0 Å². The molecule has 0 aliphatic carbocycles. The molecule has 1 rings (SSSR count). The Morgan fingerprint density at radius 3 is 2.93 bits per heavy atom. The van der Waals surface area contributed by atoms with Crippen LogP contribution < -0.4 is 16.6 Å². The Balaban J connectivity index is 2.50. The maximum Gasteiger partial charge on any atom is 0.236 e. The van der Waals surface area contributed by atoms with Gasteiger partial charge in [-0.1, -0.05) is 11.6 Å². The lowest BCUT2D eigenvalue weighted by atomic mass is 10.2. The average molecular weight is 234 g/mol. The molecule has 0 aliphatic heterocycles. The molecule has 1 aromatic heterocycles. The monoisotopic (exact) mass is 233 g/mol. The van der Waals surface area contributed by atoms with Gasteiger partial charge in [0.1, 0.15) is 0 Å². The molecule has 4 N–H and O–H groups in total. The minimum atomic E-state index is -0.291. The van der Waals surface area contributed by atoms with E-state index in [1.165, 1.54) is 11.3 Å². The zero-order valence-corrected chi connectivity index (χ0v) is 9.28. The highest BCUT2D eigenvalue weighted by atomic mass is 35.5. The third kappa shape index (κ3) is 3.26. The van der Waals surface area contributed by atoms with E-state index in [4.69, 9.17) is 17.3 Å². The zero-order valence-electron chi connectivity index (χ0n) is 7.71. The highest BCUT2D eigenvalue weighted by Gasteiger charge is 2.12. The number of hydrogen-bond donors (Lipinski definition) is 3. The van der Waals surface area contributed by atoms with Crippen LogP contribution >= 0.6 is 22.9 Å². The number of rotatable bonds is 4. The van der Waals surface area contributed by atoms with Crippen molar-refractivity contribution in [1.29, 1.82) is 0 Å². The largest absolute Gasteiger partial charge is 0.323 e. The summed E-state index contributed by atoms with van der Waals surface area (Å²) in [5.41, 5.74) is 10.8. The van der Waals surface area contributed by atoms with E-state index in [2.05, 4.69) is 10.9 Å². The van der Waals surface area contributed by atoms with Crippen molar-refractivity contribution in [2.75, 3.05) is 7.05 Å². The van der Waals surface area contributed by atoms with Crippen LogP contribution in [0.2, 0.25) is 4.34 Å². The van der Waals surface area contributed by atoms with E-state index in [0.29, 0.717) is 4.34 Å². The van der Waals surface area contributed by atoms with Gasteiger partial charge in [-0.15, -0.1) is 11.3 Å². The lowest BCUT2D eigenvalue weighted by Crippen LogP contribution is -2.35. The first-order valence-corrected chi connectivity index (χ1v) is 5.29. The van der Waals surface area contributed by atoms with Gasteiger partial charge in [0.15, 0.2) is 0 Å². The molecule has 1 unspecified atom stereocenters. The summed E-state index contributed by atoms with van der Waals surface area (Å²) in [5, 5.41) is 0. The fourth-order valence-electron chi connectivity index (χ4n) is 1.02. The van der Waals surface area contributed by atoms with Gasteiger partial charge < -0.3 is 5.73 Å². The lowest BCUT2D eigenvalue weighted by Gasteiger charge is -2.08. The number of hydrazine groups is 1. The second-order valence-corrected chi connectivity index (χ2v) is 4.50. The molecule has 0 saturated heterocycles. The van der Waals surface area contributed by atoms with Crippen LogP contribution in [-0.2, 0) is 4.79 Å². The first-order chi connectivity index (χ1) is 6.63. The molecule has 0 fully saturated rings. The quantitative estimate of drug-likeness (QED) is 0.681. The van der Waals surface area contributed by atoms with Crippen molar-refractivity contribution in [1.82, 2.24) is 10.9 Å². The molecular weight excluding hydrogens is 222 g/mol. The highest BCUT2D eigenvalue weighted by molar-refractivity contribution is 7.16. The minimum absolute atomic E-state index is 0.135. The maximum atomic E-state index is 11.2. The van der Waals surface area contributed by atoms with Crippen molar-refractivity contribution in [3.05, 3.63) is 21.3 Å². The van der Waals surface area contributed by atoms with Crippen molar-refractivity contribution >= 4 is 28.8 Å². The topological polar surface area (TPSA) is 67.1 Å². The normalized spacial score (nSPS) is 12.5. The van der Waals surface area contributed by atoms with E-state index in [9.17, 15) is 4.79 Å². The number of nitrogens with two attached hydrogens (primary N) is 1. The number of amides is 1. The van der Waals surface area contributed by atoms with Crippen molar-refractivity contribution in [2.24, 2.45) is 5.73 Å². The summed E-state index contributed by atoms with van der Waals surface area (Å²) in [6, 6.07) is 3.32. The third-order valence-electron chi connectivity index (χ3n) is 1.63. The predicted octanol–water partition coefficient (Wildman–Crippen LogP) is 1.04. The molecule has 0 radical (unpaired) electrons. The SMILES string of the molecule is CNNC(=O)CC(N)c1ccc(Cl)s1. The molecule has 0 aliphatic rings. The van der Waals surface area contributed by atoms with Crippen molar-refractivity contribution in [2.45, 2.75) is 12.5 Å². The number of halogens is 1. The van der Waals surface area contributed by atoms with Crippen LogP contribution in [-0.4, -0.2) is 13.0 Å². The van der Waals surface area contributed by atoms with Crippen LogP contribution in [0.15, 0.2) is 12.1 Å². The average Bonchev–Trinajstić information content (AvgIpc) is 2.52. The maximum absolute atomic E-state index is 11.2. The number of carbonyl (C=O) groups is 1. The number of carbonyl (C=O) groups excluding carboxylic acids is 1. The van der Waals surface area contributed by atoms with Gasteiger partial charge in [-0.2, -0.15) is 0 Å². The predicted molar refractivity (Wildman–Crippen MR) is 58.1 cm³/mol. The molecule has 0 spiro atoms. The summed E-state index contributed by atoms with van der Waals surface area (Å²) < 4.78 is 0.685. The fraction of sp³-hybridized carbons (Fsp3) is 0.375. The van der Waals surface area contributed by atoms with E-state index >= 15 is 0 Å². The highest BCUT2D eigenvalue weighted by Crippen LogP contribution is 2.26. The third-order valence-corrected chi connectivity index (χ3v) is 2.99. The molecule has 1 amide bonds. The van der Waals surface area contributed by atoms with Crippen molar-refractivity contribution in [3.63, 3.8) is 0 Å². The fourth-order valence-corrected chi connectivity index (χ4v) is 2.08. The van der Waals surface area contributed by atoms with E-state index in [1.807, 2.05) is 6.07 Å². The minimum Gasteiger partial charge on any atom is -0.323 e. The van der Waals surface area contributed by atoms with Gasteiger partial charge in [-0.05, 0) is 12.1 Å². The lowest BCUT2D eigenvalue weighted by molar-refractivity contribution is -0.122. The van der Waals surface area contributed by atoms with E-state index in [1.54, 1.807) is 13.1 Å². The van der Waals surface area contributed by atoms with Gasteiger partial charge in [-0.25, -0.2) is 5.43 Å². The van der Waals surface area contributed by atoms with Gasteiger partial charge in [0.2, 0.25) is 5.91 Å². The Bertz CT molecular complexity index is 315. The Morgan fingerprint density at radius 1 is 1.71 bits per heavy atom. The van der Waals surface area contributed by atoms with E-state index in [-0.39, 0.29) is 18.4 Å². The Hall–Kier alpha value is -0.620. The standard InChI is InChI=1S/C8H12ClN3OS/c1-11-12-8(13)4-5(10)6-2-3-7(9)14-6/h2-3,5,11H,4,10H2,1H3,(H,12,13). The van der Waals surface area contributed by atoms with E-state index < -0.39 is 0 Å². The van der Waals surface area contributed by atoms with Crippen LogP contribution in [0.1, 0.15) is 17.3 Å². The summed E-state index contributed by atoms with van der Waals surface area (Å²) in [6.07, 6.45) is 0.248. The van der Waals surface area contributed by atoms with Crippen LogP contribution in [0.3, 0.4) is 0 Å².